The number of imidazole rings is 1. The molecule has 1 amide bonds. The Labute approximate surface area is 240 Å². The van der Waals surface area contributed by atoms with E-state index < -0.39 is 16.1 Å². The van der Waals surface area contributed by atoms with Crippen LogP contribution in [0.5, 0.6) is 0 Å². The fraction of sp³-hybridized carbons (Fsp3) is 0.312. The normalized spacial score (nSPS) is 19.9. The number of halogens is 1. The molecular weight excluding hydrogens is 539 g/mol. The van der Waals surface area contributed by atoms with Crippen molar-refractivity contribution < 1.29 is 17.6 Å². The maximum Gasteiger partial charge on any atom is 0.241 e. The summed E-state index contributed by atoms with van der Waals surface area (Å²) in [6.07, 6.45) is 6.57. The van der Waals surface area contributed by atoms with E-state index in [-0.39, 0.29) is 35.0 Å². The molecule has 2 aliphatic rings. The van der Waals surface area contributed by atoms with Crippen molar-refractivity contribution in [2.24, 2.45) is 13.0 Å². The first-order valence-corrected chi connectivity index (χ1v) is 15.4. The summed E-state index contributed by atoms with van der Waals surface area (Å²) < 4.78 is 45.2. The lowest BCUT2D eigenvalue weighted by molar-refractivity contribution is -0.120. The van der Waals surface area contributed by atoms with Gasteiger partial charge in [-0.15, -0.1) is 0 Å². The van der Waals surface area contributed by atoms with Crippen molar-refractivity contribution in [3.63, 3.8) is 0 Å². The fourth-order valence-electron chi connectivity index (χ4n) is 5.81. The van der Waals surface area contributed by atoms with E-state index in [2.05, 4.69) is 9.71 Å². The molecule has 2 aliphatic carbocycles. The van der Waals surface area contributed by atoms with Crippen molar-refractivity contribution in [1.29, 1.82) is 0 Å². The second-order valence-electron chi connectivity index (χ2n) is 11.1. The van der Waals surface area contributed by atoms with E-state index in [4.69, 9.17) is 0 Å². The topological polar surface area (TPSA) is 84.3 Å². The van der Waals surface area contributed by atoms with Gasteiger partial charge in [0.25, 0.3) is 0 Å². The number of sulfonamides is 1. The predicted octanol–water partition coefficient (Wildman–Crippen LogP) is 5.56. The van der Waals surface area contributed by atoms with Crippen molar-refractivity contribution in [2.75, 3.05) is 4.90 Å². The zero-order valence-corrected chi connectivity index (χ0v) is 23.9. The van der Waals surface area contributed by atoms with Crippen LogP contribution in [0.15, 0.2) is 84.0 Å². The third-order valence-corrected chi connectivity index (χ3v) is 9.74. The second kappa shape index (κ2) is 10.9. The number of fused-ring (bicyclic) bond motifs is 1. The van der Waals surface area contributed by atoms with E-state index in [9.17, 15) is 17.6 Å². The van der Waals surface area contributed by atoms with Gasteiger partial charge in [0, 0.05) is 37.1 Å². The number of rotatable bonds is 8. The van der Waals surface area contributed by atoms with Crippen molar-refractivity contribution in [2.45, 2.75) is 56.0 Å². The van der Waals surface area contributed by atoms with Crippen LogP contribution in [0.2, 0.25) is 0 Å². The Morgan fingerprint density at radius 1 is 1.12 bits per heavy atom. The Hall–Kier alpha value is -3.82. The minimum atomic E-state index is -3.73. The van der Waals surface area contributed by atoms with Crippen molar-refractivity contribution >= 4 is 21.6 Å². The number of carbonyl (C=O) groups excluding carboxylic acids is 1. The summed E-state index contributed by atoms with van der Waals surface area (Å²) in [5.41, 5.74) is 4.48. The van der Waals surface area contributed by atoms with Crippen LogP contribution < -0.4 is 9.62 Å². The number of benzene rings is 3. The molecule has 1 heterocycles. The number of hydrogen-bond acceptors (Lipinski definition) is 4. The molecule has 1 aromatic heterocycles. The molecule has 0 saturated heterocycles. The molecule has 0 spiro atoms. The molecule has 4 aromatic rings. The van der Waals surface area contributed by atoms with Gasteiger partial charge in [0.15, 0.2) is 0 Å². The molecule has 0 unspecified atom stereocenters. The minimum Gasteiger partial charge on any atom is -0.337 e. The molecular formula is C32H33FN4O3S. The zero-order chi connectivity index (χ0) is 28.7. The molecule has 1 fully saturated rings. The van der Waals surface area contributed by atoms with E-state index in [0.29, 0.717) is 18.5 Å². The molecule has 1 saturated carbocycles. The monoisotopic (exact) mass is 572 g/mol. The lowest BCUT2D eigenvalue weighted by atomic mass is 9.87. The molecule has 3 atom stereocenters. The number of aromatic nitrogens is 2. The van der Waals surface area contributed by atoms with Crippen LogP contribution >= 0.6 is 0 Å². The summed E-state index contributed by atoms with van der Waals surface area (Å²) in [7, 11) is -1.85. The maximum absolute atomic E-state index is 14.0. The number of amides is 1. The maximum atomic E-state index is 14.0. The lowest BCUT2D eigenvalue weighted by Gasteiger charge is -2.29. The fourth-order valence-corrected chi connectivity index (χ4v) is 7.06. The van der Waals surface area contributed by atoms with Crippen LogP contribution in [-0.4, -0.2) is 23.9 Å². The number of nitrogens with one attached hydrogen (secondary N) is 1. The number of hydrogen-bond donors (Lipinski definition) is 1. The highest BCUT2D eigenvalue weighted by Crippen LogP contribution is 2.49. The van der Waals surface area contributed by atoms with Gasteiger partial charge in [0.05, 0.1) is 11.4 Å². The molecule has 3 aromatic carbocycles. The van der Waals surface area contributed by atoms with Crippen molar-refractivity contribution in [1.82, 2.24) is 14.3 Å². The SMILES string of the molecule is Cc1ccc(S(=O)(=O)N[C@@H]2CCCc3ccc(N(Cc4nccn4C)C(=O)[C@@H]4C[C@H]4c4cccc(F)c4)cc32)cc1. The summed E-state index contributed by atoms with van der Waals surface area (Å²) in [4.78, 5) is 20.4. The van der Waals surface area contributed by atoms with Gasteiger partial charge in [-0.25, -0.2) is 22.5 Å². The quantitative estimate of drug-likeness (QED) is 0.300. The number of anilines is 1. The minimum absolute atomic E-state index is 0.0336. The van der Waals surface area contributed by atoms with Crippen LogP contribution in [0.1, 0.15) is 59.3 Å². The summed E-state index contributed by atoms with van der Waals surface area (Å²) in [5, 5.41) is 0. The lowest BCUT2D eigenvalue weighted by Crippen LogP contribution is -2.34. The van der Waals surface area contributed by atoms with Gasteiger partial charge in [-0.1, -0.05) is 35.9 Å². The van der Waals surface area contributed by atoms with Crippen molar-refractivity contribution in [3.05, 3.63) is 113 Å². The third kappa shape index (κ3) is 5.69. The van der Waals surface area contributed by atoms with E-state index >= 15 is 0 Å². The molecule has 9 heteroatoms. The van der Waals surface area contributed by atoms with Crippen LogP contribution in [0.3, 0.4) is 0 Å². The highest BCUT2D eigenvalue weighted by Gasteiger charge is 2.46. The van der Waals surface area contributed by atoms with Crippen LogP contribution in [-0.2, 0) is 34.8 Å². The van der Waals surface area contributed by atoms with E-state index in [1.54, 1.807) is 41.4 Å². The number of nitrogens with zero attached hydrogens (tertiary/aromatic N) is 3. The van der Waals surface area contributed by atoms with Gasteiger partial charge in [-0.3, -0.25) is 4.79 Å². The largest absolute Gasteiger partial charge is 0.337 e. The average Bonchev–Trinajstić information content (AvgIpc) is 3.66. The average molecular weight is 573 g/mol. The highest BCUT2D eigenvalue weighted by atomic mass is 32.2. The summed E-state index contributed by atoms with van der Waals surface area (Å²) >= 11 is 0. The van der Waals surface area contributed by atoms with Crippen LogP contribution in [0.25, 0.3) is 0 Å². The van der Waals surface area contributed by atoms with Crippen LogP contribution in [0.4, 0.5) is 10.1 Å². The standard InChI is InChI=1S/C32H33FN4O3S/c1-21-9-13-26(14-10-21)41(39,40)35-30-8-4-5-22-11-12-25(18-28(22)30)37(20-31-34-15-16-36(31)2)32(38)29-19-27(29)23-6-3-7-24(33)17-23/h3,6-7,9-18,27,29-30,35H,4-5,8,19-20H2,1-2H3/t27-,29+,30+/m0/s1. The molecule has 212 valence electrons. The van der Waals surface area contributed by atoms with E-state index in [0.717, 1.165) is 40.9 Å². The van der Waals surface area contributed by atoms with Gasteiger partial charge in [-0.2, -0.15) is 0 Å². The smallest absolute Gasteiger partial charge is 0.241 e. The predicted molar refractivity (Wildman–Crippen MR) is 155 cm³/mol. The molecule has 1 N–H and O–H groups in total. The molecule has 6 rings (SSSR count). The Kier molecular flexibility index (Phi) is 7.25. The van der Waals surface area contributed by atoms with Gasteiger partial charge in [0.1, 0.15) is 11.6 Å². The summed E-state index contributed by atoms with van der Waals surface area (Å²) in [6, 6.07) is 18.8. The Bertz CT molecular complexity index is 1700. The van der Waals surface area contributed by atoms with Gasteiger partial charge >= 0.3 is 0 Å². The first-order chi connectivity index (χ1) is 19.7. The Balaban J connectivity index is 1.31. The van der Waals surface area contributed by atoms with E-state index in [1.807, 2.05) is 49.0 Å². The number of carbonyl (C=O) groups is 1. The molecule has 0 radical (unpaired) electrons. The van der Waals surface area contributed by atoms with Gasteiger partial charge in [0.2, 0.25) is 15.9 Å². The Morgan fingerprint density at radius 2 is 1.93 bits per heavy atom. The number of aryl methyl sites for hydroxylation is 3. The molecule has 0 bridgehead atoms. The molecule has 0 aliphatic heterocycles. The first kappa shape index (κ1) is 27.4. The van der Waals surface area contributed by atoms with Gasteiger partial charge in [-0.05, 0) is 91.6 Å². The second-order valence-corrected chi connectivity index (χ2v) is 12.9. The van der Waals surface area contributed by atoms with E-state index in [1.165, 1.54) is 12.1 Å². The summed E-state index contributed by atoms with van der Waals surface area (Å²) in [5.74, 6) is 0.0856. The van der Waals surface area contributed by atoms with Gasteiger partial charge < -0.3 is 9.47 Å². The first-order valence-electron chi connectivity index (χ1n) is 13.9. The summed E-state index contributed by atoms with van der Waals surface area (Å²) in [6.45, 7) is 2.19. The Morgan fingerprint density at radius 3 is 2.66 bits per heavy atom. The highest BCUT2D eigenvalue weighted by molar-refractivity contribution is 7.89. The molecule has 41 heavy (non-hydrogen) atoms. The van der Waals surface area contributed by atoms with Crippen molar-refractivity contribution in [3.8, 4) is 0 Å². The zero-order valence-electron chi connectivity index (χ0n) is 23.1. The third-order valence-electron chi connectivity index (χ3n) is 8.26. The molecule has 7 nitrogen and oxygen atoms in total. The van der Waals surface area contributed by atoms with Crippen LogP contribution in [0, 0.1) is 18.7 Å².